The number of benzene rings is 1. The van der Waals surface area contributed by atoms with E-state index in [4.69, 9.17) is 5.26 Å². The van der Waals surface area contributed by atoms with Gasteiger partial charge in [0.2, 0.25) is 0 Å². The maximum absolute atomic E-state index is 10.3. The molecule has 0 saturated heterocycles. The molecule has 0 unspecified atom stereocenters. The second-order valence-electron chi connectivity index (χ2n) is 4.92. The predicted octanol–water partition coefficient (Wildman–Crippen LogP) is 2.54. The molecule has 3 heteroatoms. The van der Waals surface area contributed by atoms with Crippen molar-refractivity contribution in [1.29, 1.82) is 5.26 Å². The number of hydrogen-bond donors (Lipinski definition) is 1. The van der Waals surface area contributed by atoms with Crippen LogP contribution in [0.4, 0.5) is 0 Å². The van der Waals surface area contributed by atoms with Gasteiger partial charge in [-0.1, -0.05) is 26.0 Å². The van der Waals surface area contributed by atoms with Gasteiger partial charge in [-0.15, -0.1) is 0 Å². The number of aliphatic hydroxyl groups is 1. The zero-order valence-electron chi connectivity index (χ0n) is 11.5. The summed E-state index contributed by atoms with van der Waals surface area (Å²) in [7, 11) is 2.00. The second kappa shape index (κ2) is 6.53. The number of rotatable bonds is 6. The van der Waals surface area contributed by atoms with Crippen LogP contribution in [-0.4, -0.2) is 29.2 Å². The van der Waals surface area contributed by atoms with E-state index in [1.807, 2.05) is 39.1 Å². The maximum atomic E-state index is 10.3. The van der Waals surface area contributed by atoms with Gasteiger partial charge in [0, 0.05) is 13.1 Å². The lowest BCUT2D eigenvalue weighted by Crippen LogP contribution is -2.40. The minimum absolute atomic E-state index is 0.610. The fourth-order valence-electron chi connectivity index (χ4n) is 2.08. The minimum Gasteiger partial charge on any atom is -0.389 e. The third-order valence-corrected chi connectivity index (χ3v) is 3.39. The highest BCUT2D eigenvalue weighted by molar-refractivity contribution is 5.32. The van der Waals surface area contributed by atoms with Crippen LogP contribution in [-0.2, 0) is 6.54 Å². The average Bonchev–Trinajstić information content (AvgIpc) is 2.38. The average molecular weight is 246 g/mol. The zero-order valence-corrected chi connectivity index (χ0v) is 11.5. The van der Waals surface area contributed by atoms with Crippen LogP contribution in [0.1, 0.15) is 37.8 Å². The summed E-state index contributed by atoms with van der Waals surface area (Å²) in [6.45, 7) is 5.41. The molecule has 0 aromatic heterocycles. The third kappa shape index (κ3) is 4.14. The Labute approximate surface area is 110 Å². The van der Waals surface area contributed by atoms with E-state index in [0.717, 1.165) is 24.9 Å². The molecule has 0 saturated carbocycles. The Balaban J connectivity index is 2.64. The quantitative estimate of drug-likeness (QED) is 0.839. The van der Waals surface area contributed by atoms with Crippen LogP contribution in [0.25, 0.3) is 0 Å². The molecule has 1 N–H and O–H groups in total. The van der Waals surface area contributed by atoms with Gasteiger partial charge in [0.15, 0.2) is 0 Å². The molecule has 98 valence electrons. The van der Waals surface area contributed by atoms with Crippen molar-refractivity contribution in [3.63, 3.8) is 0 Å². The van der Waals surface area contributed by atoms with Gasteiger partial charge in [0.1, 0.15) is 0 Å². The molecule has 0 aliphatic rings. The van der Waals surface area contributed by atoms with E-state index in [2.05, 4.69) is 11.0 Å². The molecule has 0 radical (unpaired) electrons. The molecule has 3 nitrogen and oxygen atoms in total. The fourth-order valence-corrected chi connectivity index (χ4v) is 2.08. The van der Waals surface area contributed by atoms with Crippen molar-refractivity contribution in [3.05, 3.63) is 35.4 Å². The highest BCUT2D eigenvalue weighted by atomic mass is 16.3. The lowest BCUT2D eigenvalue weighted by atomic mass is 9.97. The lowest BCUT2D eigenvalue weighted by molar-refractivity contribution is 0.00131. The summed E-state index contributed by atoms with van der Waals surface area (Å²) in [5, 5.41) is 19.1. The van der Waals surface area contributed by atoms with Crippen molar-refractivity contribution in [2.24, 2.45) is 0 Å². The SMILES string of the molecule is CCC(O)(CC)CN(C)Cc1cccc(C#N)c1. The van der Waals surface area contributed by atoms with Crippen LogP contribution in [0, 0.1) is 11.3 Å². The summed E-state index contributed by atoms with van der Waals surface area (Å²) < 4.78 is 0. The van der Waals surface area contributed by atoms with Gasteiger partial charge in [0.25, 0.3) is 0 Å². The Hall–Kier alpha value is -1.37. The molecule has 1 aromatic rings. The van der Waals surface area contributed by atoms with E-state index in [9.17, 15) is 5.11 Å². The first-order valence-electron chi connectivity index (χ1n) is 6.43. The van der Waals surface area contributed by atoms with E-state index in [-0.39, 0.29) is 0 Å². The summed E-state index contributed by atoms with van der Waals surface area (Å²) >= 11 is 0. The topological polar surface area (TPSA) is 47.3 Å². The zero-order chi connectivity index (χ0) is 13.6. The fraction of sp³-hybridized carbons (Fsp3) is 0.533. The molecule has 1 aromatic carbocycles. The molecular weight excluding hydrogens is 224 g/mol. The van der Waals surface area contributed by atoms with Crippen LogP contribution in [0.5, 0.6) is 0 Å². The molecular formula is C15H22N2O. The van der Waals surface area contributed by atoms with E-state index >= 15 is 0 Å². The van der Waals surface area contributed by atoms with Crippen LogP contribution in [0.3, 0.4) is 0 Å². The molecule has 0 bridgehead atoms. The highest BCUT2D eigenvalue weighted by Crippen LogP contribution is 2.17. The normalized spacial score (nSPS) is 11.6. The van der Waals surface area contributed by atoms with E-state index in [1.54, 1.807) is 6.07 Å². The Morgan fingerprint density at radius 2 is 2.00 bits per heavy atom. The van der Waals surface area contributed by atoms with Crippen molar-refractivity contribution in [3.8, 4) is 6.07 Å². The van der Waals surface area contributed by atoms with Crippen molar-refractivity contribution < 1.29 is 5.11 Å². The molecule has 0 aliphatic heterocycles. The molecule has 0 amide bonds. The molecule has 0 aliphatic carbocycles. The van der Waals surface area contributed by atoms with E-state index < -0.39 is 5.60 Å². The van der Waals surface area contributed by atoms with Crippen molar-refractivity contribution in [1.82, 2.24) is 4.90 Å². The molecule has 0 fully saturated rings. The monoisotopic (exact) mass is 246 g/mol. The van der Waals surface area contributed by atoms with Gasteiger partial charge in [0.05, 0.1) is 17.2 Å². The van der Waals surface area contributed by atoms with Gasteiger partial charge in [-0.05, 0) is 37.6 Å². The predicted molar refractivity (Wildman–Crippen MR) is 73.0 cm³/mol. The first kappa shape index (κ1) is 14.7. The number of likely N-dealkylation sites (N-methyl/N-ethyl adjacent to an activating group) is 1. The Kier molecular flexibility index (Phi) is 5.33. The summed E-state index contributed by atoms with van der Waals surface area (Å²) in [6, 6.07) is 9.75. The van der Waals surface area contributed by atoms with E-state index in [1.165, 1.54) is 0 Å². The number of nitriles is 1. The smallest absolute Gasteiger partial charge is 0.0991 e. The van der Waals surface area contributed by atoms with Gasteiger partial charge >= 0.3 is 0 Å². The third-order valence-electron chi connectivity index (χ3n) is 3.39. The highest BCUT2D eigenvalue weighted by Gasteiger charge is 2.23. The van der Waals surface area contributed by atoms with Crippen molar-refractivity contribution in [2.45, 2.75) is 38.8 Å². The minimum atomic E-state index is -0.610. The summed E-state index contributed by atoms with van der Waals surface area (Å²) in [5.74, 6) is 0. The van der Waals surface area contributed by atoms with Crippen LogP contribution in [0.2, 0.25) is 0 Å². The van der Waals surface area contributed by atoms with Crippen LogP contribution in [0.15, 0.2) is 24.3 Å². The van der Waals surface area contributed by atoms with Crippen molar-refractivity contribution >= 4 is 0 Å². The Bertz CT molecular complexity index is 419. The van der Waals surface area contributed by atoms with E-state index in [0.29, 0.717) is 12.1 Å². The van der Waals surface area contributed by atoms with Gasteiger partial charge in [-0.2, -0.15) is 5.26 Å². The number of nitrogens with zero attached hydrogens (tertiary/aromatic N) is 2. The first-order chi connectivity index (χ1) is 8.53. The van der Waals surface area contributed by atoms with Gasteiger partial charge < -0.3 is 5.11 Å². The molecule has 1 rings (SSSR count). The van der Waals surface area contributed by atoms with Gasteiger partial charge in [-0.25, -0.2) is 0 Å². The Morgan fingerprint density at radius 3 is 2.56 bits per heavy atom. The first-order valence-corrected chi connectivity index (χ1v) is 6.43. The largest absolute Gasteiger partial charge is 0.389 e. The molecule has 0 spiro atoms. The van der Waals surface area contributed by atoms with Crippen molar-refractivity contribution in [2.75, 3.05) is 13.6 Å². The molecule has 0 heterocycles. The standard InChI is InChI=1S/C15H22N2O/c1-4-15(18,5-2)12-17(3)11-14-8-6-7-13(9-14)10-16/h6-9,18H,4-5,11-12H2,1-3H3. The second-order valence-corrected chi connectivity index (χ2v) is 4.92. The lowest BCUT2D eigenvalue weighted by Gasteiger charge is -2.30. The molecule has 18 heavy (non-hydrogen) atoms. The number of hydrogen-bond acceptors (Lipinski definition) is 3. The Morgan fingerprint density at radius 1 is 1.33 bits per heavy atom. The molecule has 0 atom stereocenters. The summed E-state index contributed by atoms with van der Waals surface area (Å²) in [5.41, 5.74) is 1.18. The van der Waals surface area contributed by atoms with Crippen LogP contribution >= 0.6 is 0 Å². The van der Waals surface area contributed by atoms with Crippen LogP contribution < -0.4 is 0 Å². The summed E-state index contributed by atoms with van der Waals surface area (Å²) in [4.78, 5) is 2.10. The maximum Gasteiger partial charge on any atom is 0.0991 e. The van der Waals surface area contributed by atoms with Gasteiger partial charge in [-0.3, -0.25) is 4.90 Å². The summed E-state index contributed by atoms with van der Waals surface area (Å²) in [6.07, 6.45) is 1.51.